The van der Waals surface area contributed by atoms with Crippen LogP contribution < -0.4 is 5.32 Å². The van der Waals surface area contributed by atoms with Gasteiger partial charge in [-0.1, -0.05) is 59.7 Å². The first kappa shape index (κ1) is 20.4. The normalized spacial score (nSPS) is 11.3. The van der Waals surface area contributed by atoms with E-state index >= 15 is 0 Å². The lowest BCUT2D eigenvalue weighted by molar-refractivity contribution is -0.123. The number of carbonyl (C=O) groups excluding carboxylic acids is 1. The average molecular weight is 304 g/mol. The van der Waals surface area contributed by atoms with E-state index in [2.05, 4.69) is 28.5 Å². The van der Waals surface area contributed by atoms with Crippen molar-refractivity contribution in [2.45, 2.75) is 54.0 Å². The number of ketones is 1. The van der Waals surface area contributed by atoms with Crippen LogP contribution in [0.4, 0.5) is 0 Å². The van der Waals surface area contributed by atoms with Crippen LogP contribution in [0, 0.1) is 5.92 Å². The number of para-hydroxylation sites is 1. The van der Waals surface area contributed by atoms with Crippen LogP contribution in [-0.2, 0) is 11.2 Å². The van der Waals surface area contributed by atoms with Crippen LogP contribution in [0.2, 0.25) is 0 Å². The van der Waals surface area contributed by atoms with Crippen molar-refractivity contribution in [2.24, 2.45) is 5.92 Å². The molecule has 0 amide bonds. The van der Waals surface area contributed by atoms with Crippen LogP contribution in [0.3, 0.4) is 0 Å². The largest absolute Gasteiger partial charge is 0.358 e. The lowest BCUT2D eigenvalue weighted by Crippen LogP contribution is -2.38. The van der Waals surface area contributed by atoms with E-state index in [1.54, 1.807) is 0 Å². The molecular weight excluding hydrogens is 272 g/mol. The van der Waals surface area contributed by atoms with E-state index in [4.69, 9.17) is 0 Å². The number of hydrogen-bond donors (Lipinski definition) is 2. The monoisotopic (exact) mass is 304 g/mol. The maximum atomic E-state index is 12.0. The maximum Gasteiger partial charge on any atom is 0.152 e. The number of benzene rings is 1. The van der Waals surface area contributed by atoms with Crippen molar-refractivity contribution in [1.29, 1.82) is 0 Å². The number of aromatic amines is 1. The molecule has 2 N–H and O–H groups in total. The third-order valence-corrected chi connectivity index (χ3v) is 3.27. The molecule has 1 aromatic heterocycles. The molecule has 0 fully saturated rings. The van der Waals surface area contributed by atoms with Crippen molar-refractivity contribution in [3.8, 4) is 0 Å². The number of fused-ring (bicyclic) bond motifs is 1. The molecule has 3 nitrogen and oxygen atoms in total. The third kappa shape index (κ3) is 5.64. The number of hydrogen-bond acceptors (Lipinski definition) is 2. The number of H-pyrrole nitrogens is 1. The van der Waals surface area contributed by atoms with Crippen LogP contribution in [-0.4, -0.2) is 23.9 Å². The van der Waals surface area contributed by atoms with Gasteiger partial charge in [-0.15, -0.1) is 0 Å². The SMILES string of the molecule is CC.CC.CNC(Cc1cc2ccccc2[nH]1)C(=O)C(C)C. The molecule has 0 radical (unpaired) electrons. The van der Waals surface area contributed by atoms with Gasteiger partial charge in [0.15, 0.2) is 5.78 Å². The van der Waals surface area contributed by atoms with E-state index in [1.165, 1.54) is 5.39 Å². The van der Waals surface area contributed by atoms with Crippen LogP contribution in [0.1, 0.15) is 47.2 Å². The van der Waals surface area contributed by atoms with Gasteiger partial charge in [-0.25, -0.2) is 0 Å². The van der Waals surface area contributed by atoms with Crippen LogP contribution >= 0.6 is 0 Å². The van der Waals surface area contributed by atoms with E-state index in [0.29, 0.717) is 6.42 Å². The smallest absolute Gasteiger partial charge is 0.152 e. The minimum atomic E-state index is -0.113. The molecule has 124 valence electrons. The molecule has 1 unspecified atom stereocenters. The molecule has 2 rings (SSSR count). The third-order valence-electron chi connectivity index (χ3n) is 3.27. The fraction of sp³-hybridized carbons (Fsp3) is 0.526. The van der Waals surface area contributed by atoms with E-state index in [9.17, 15) is 4.79 Å². The Hall–Kier alpha value is -1.61. The van der Waals surface area contributed by atoms with Gasteiger partial charge in [-0.2, -0.15) is 0 Å². The van der Waals surface area contributed by atoms with Crippen molar-refractivity contribution >= 4 is 16.7 Å². The molecule has 1 atom stereocenters. The summed E-state index contributed by atoms with van der Waals surface area (Å²) >= 11 is 0. The Balaban J connectivity index is 0.00000102. The molecule has 0 aliphatic rings. The number of rotatable bonds is 5. The molecule has 0 aliphatic heterocycles. The molecule has 2 aromatic rings. The summed E-state index contributed by atoms with van der Waals surface area (Å²) in [5, 5.41) is 4.30. The summed E-state index contributed by atoms with van der Waals surface area (Å²) in [6.07, 6.45) is 0.711. The van der Waals surface area contributed by atoms with Crippen LogP contribution in [0.5, 0.6) is 0 Å². The first-order chi connectivity index (χ1) is 10.6. The molecule has 0 saturated heterocycles. The quantitative estimate of drug-likeness (QED) is 0.849. The van der Waals surface area contributed by atoms with Gasteiger partial charge in [0.25, 0.3) is 0 Å². The highest BCUT2D eigenvalue weighted by molar-refractivity contribution is 5.86. The molecule has 0 saturated carbocycles. The number of Topliss-reactive ketones (excluding diaryl/α,β-unsaturated/α-hetero) is 1. The summed E-state index contributed by atoms with van der Waals surface area (Å²) in [7, 11) is 1.84. The lowest BCUT2D eigenvalue weighted by atomic mass is 9.98. The van der Waals surface area contributed by atoms with Crippen molar-refractivity contribution in [3.63, 3.8) is 0 Å². The Morgan fingerprint density at radius 1 is 1.14 bits per heavy atom. The minimum absolute atomic E-state index is 0.0619. The maximum absolute atomic E-state index is 12.0. The number of nitrogens with one attached hydrogen (secondary N) is 2. The molecule has 1 aromatic carbocycles. The van der Waals surface area contributed by atoms with Gasteiger partial charge in [-0.3, -0.25) is 4.79 Å². The van der Waals surface area contributed by atoms with E-state index in [1.807, 2.05) is 60.7 Å². The van der Waals surface area contributed by atoms with Crippen molar-refractivity contribution in [3.05, 3.63) is 36.0 Å². The molecule has 0 aliphatic carbocycles. The van der Waals surface area contributed by atoms with Gasteiger partial charge in [-0.05, 0) is 24.6 Å². The molecule has 0 spiro atoms. The predicted molar refractivity (Wildman–Crippen MR) is 97.4 cm³/mol. The highest BCUT2D eigenvalue weighted by Crippen LogP contribution is 2.16. The summed E-state index contributed by atoms with van der Waals surface area (Å²) < 4.78 is 0. The minimum Gasteiger partial charge on any atom is -0.358 e. The standard InChI is InChI=1S/C15H20N2O.2C2H6/c1-10(2)15(18)14(16-3)9-12-8-11-6-4-5-7-13(11)17-12;2*1-2/h4-8,10,14,16-17H,9H2,1-3H3;2*1-2H3. The Morgan fingerprint density at radius 3 is 2.23 bits per heavy atom. The zero-order valence-electron chi connectivity index (χ0n) is 15.2. The summed E-state index contributed by atoms with van der Waals surface area (Å²) in [5.74, 6) is 0.322. The lowest BCUT2D eigenvalue weighted by Gasteiger charge is -2.16. The highest BCUT2D eigenvalue weighted by atomic mass is 16.1. The second kappa shape index (κ2) is 11.0. The van der Waals surface area contributed by atoms with Crippen LogP contribution in [0.25, 0.3) is 10.9 Å². The average Bonchev–Trinajstić information content (AvgIpc) is 2.98. The second-order valence-electron chi connectivity index (χ2n) is 4.98. The summed E-state index contributed by atoms with van der Waals surface area (Å²) in [4.78, 5) is 15.4. The van der Waals surface area contributed by atoms with Crippen molar-refractivity contribution in [1.82, 2.24) is 10.3 Å². The van der Waals surface area contributed by atoms with Gasteiger partial charge in [0.1, 0.15) is 0 Å². The zero-order valence-corrected chi connectivity index (χ0v) is 15.2. The summed E-state index contributed by atoms with van der Waals surface area (Å²) in [5.41, 5.74) is 2.23. The van der Waals surface area contributed by atoms with Gasteiger partial charge >= 0.3 is 0 Å². The fourth-order valence-corrected chi connectivity index (χ4v) is 2.21. The van der Waals surface area contributed by atoms with Gasteiger partial charge in [0.2, 0.25) is 0 Å². The Labute approximate surface area is 135 Å². The van der Waals surface area contributed by atoms with Gasteiger partial charge in [0.05, 0.1) is 6.04 Å². The summed E-state index contributed by atoms with van der Waals surface area (Å²) in [6.45, 7) is 11.9. The predicted octanol–water partition coefficient (Wildman–Crippen LogP) is 4.58. The molecule has 1 heterocycles. The number of carbonyl (C=O) groups is 1. The number of likely N-dealkylation sites (N-methyl/N-ethyl adjacent to an activating group) is 1. The van der Waals surface area contributed by atoms with Crippen molar-refractivity contribution < 1.29 is 4.79 Å². The summed E-state index contributed by atoms with van der Waals surface area (Å²) in [6, 6.07) is 10.2. The van der Waals surface area contributed by atoms with Gasteiger partial charge < -0.3 is 10.3 Å². The van der Waals surface area contributed by atoms with Crippen molar-refractivity contribution in [2.75, 3.05) is 7.05 Å². The molecule has 22 heavy (non-hydrogen) atoms. The van der Waals surface area contributed by atoms with E-state index in [-0.39, 0.29) is 17.7 Å². The first-order valence-corrected chi connectivity index (χ1v) is 8.39. The Morgan fingerprint density at radius 2 is 1.73 bits per heavy atom. The first-order valence-electron chi connectivity index (χ1n) is 8.39. The Bertz CT molecular complexity index is 510. The second-order valence-corrected chi connectivity index (χ2v) is 4.98. The molecular formula is C19H32N2O. The van der Waals surface area contributed by atoms with Gasteiger partial charge in [0, 0.05) is 23.5 Å². The van der Waals surface area contributed by atoms with Crippen LogP contribution in [0.15, 0.2) is 30.3 Å². The van der Waals surface area contributed by atoms with E-state index in [0.717, 1.165) is 11.2 Å². The topological polar surface area (TPSA) is 44.9 Å². The molecule has 3 heteroatoms. The number of aromatic nitrogens is 1. The Kier molecular flexibility index (Phi) is 10.2. The zero-order chi connectivity index (χ0) is 17.1. The molecule has 0 bridgehead atoms. The fourth-order valence-electron chi connectivity index (χ4n) is 2.21. The highest BCUT2D eigenvalue weighted by Gasteiger charge is 2.20. The van der Waals surface area contributed by atoms with E-state index < -0.39 is 0 Å².